The Bertz CT molecular complexity index is 623. The fourth-order valence-corrected chi connectivity index (χ4v) is 3.79. The summed E-state index contributed by atoms with van der Waals surface area (Å²) in [4.78, 5) is 25.3. The van der Waals surface area contributed by atoms with Gasteiger partial charge >= 0.3 is 0 Å². The summed E-state index contributed by atoms with van der Waals surface area (Å²) in [5, 5.41) is 9.38. The average Bonchev–Trinajstić information content (AvgIpc) is 3.11. The summed E-state index contributed by atoms with van der Waals surface area (Å²) >= 11 is 0. The molecule has 2 atom stereocenters. The Balaban J connectivity index is 1.60. The van der Waals surface area contributed by atoms with E-state index in [0.717, 1.165) is 12.8 Å². The van der Waals surface area contributed by atoms with Crippen molar-refractivity contribution in [2.24, 2.45) is 5.92 Å². The predicted molar refractivity (Wildman–Crippen MR) is 97.9 cm³/mol. The third-order valence-electron chi connectivity index (χ3n) is 5.35. The molecule has 2 amide bonds. The second kappa shape index (κ2) is 8.00. The molecule has 1 aliphatic heterocycles. The van der Waals surface area contributed by atoms with Crippen molar-refractivity contribution in [3.63, 3.8) is 0 Å². The van der Waals surface area contributed by atoms with Gasteiger partial charge in [0.1, 0.15) is 6.04 Å². The highest BCUT2D eigenvalue weighted by atomic mass is 16.2. The molecule has 5 heteroatoms. The Labute approximate surface area is 150 Å². The van der Waals surface area contributed by atoms with Crippen molar-refractivity contribution in [2.75, 3.05) is 0 Å². The van der Waals surface area contributed by atoms with Crippen LogP contribution in [0.25, 0.3) is 0 Å². The average molecular weight is 343 g/mol. The van der Waals surface area contributed by atoms with E-state index in [1.165, 1.54) is 24.0 Å². The van der Waals surface area contributed by atoms with Crippen LogP contribution in [-0.4, -0.2) is 29.9 Å². The number of carbonyl (C=O) groups is 2. The topological polar surface area (TPSA) is 70.2 Å². The van der Waals surface area contributed by atoms with Gasteiger partial charge in [-0.3, -0.25) is 9.59 Å². The summed E-state index contributed by atoms with van der Waals surface area (Å²) in [6, 6.07) is 7.69. The molecule has 0 radical (unpaired) electrons. The molecule has 1 fully saturated rings. The number of rotatable bonds is 5. The second-order valence-corrected chi connectivity index (χ2v) is 7.63. The molecule has 0 unspecified atom stereocenters. The Morgan fingerprint density at radius 2 is 1.80 bits per heavy atom. The van der Waals surface area contributed by atoms with Crippen LogP contribution in [0, 0.1) is 5.92 Å². The summed E-state index contributed by atoms with van der Waals surface area (Å²) in [6.45, 7) is 4.64. The van der Waals surface area contributed by atoms with Gasteiger partial charge in [-0.25, -0.2) is 0 Å². The number of hydrogen-bond acceptors (Lipinski definition) is 3. The van der Waals surface area contributed by atoms with Crippen LogP contribution >= 0.6 is 0 Å². The first-order chi connectivity index (χ1) is 12.0. The van der Waals surface area contributed by atoms with Gasteiger partial charge in [-0.15, -0.1) is 0 Å². The molecule has 1 aliphatic carbocycles. The third kappa shape index (κ3) is 4.40. The largest absolute Gasteiger partial charge is 0.352 e. The van der Waals surface area contributed by atoms with Gasteiger partial charge in [0.25, 0.3) is 0 Å². The maximum absolute atomic E-state index is 12.7. The Hall–Kier alpha value is -1.88. The van der Waals surface area contributed by atoms with Crippen molar-refractivity contribution >= 4 is 11.8 Å². The summed E-state index contributed by atoms with van der Waals surface area (Å²) in [7, 11) is 0. The molecule has 0 aromatic heterocycles. The number of carbonyl (C=O) groups excluding carboxylic acids is 2. The number of benzene rings is 1. The van der Waals surface area contributed by atoms with Crippen LogP contribution in [0.1, 0.15) is 50.7 Å². The SMILES string of the molecule is CC(C)[C@@H](NC(=O)[C@@H]1Cc2ccccc2CN1)C(=O)NC1CCCC1. The lowest BCUT2D eigenvalue weighted by Crippen LogP contribution is -2.56. The quantitative estimate of drug-likeness (QED) is 0.765. The van der Waals surface area contributed by atoms with E-state index in [2.05, 4.69) is 28.1 Å². The molecule has 2 aliphatic rings. The maximum Gasteiger partial charge on any atom is 0.243 e. The van der Waals surface area contributed by atoms with Crippen LogP contribution in [0.5, 0.6) is 0 Å². The third-order valence-corrected chi connectivity index (χ3v) is 5.35. The van der Waals surface area contributed by atoms with Crippen LogP contribution in [0.15, 0.2) is 24.3 Å². The lowest BCUT2D eigenvalue weighted by molar-refractivity contribution is -0.131. The normalized spacial score (nSPS) is 21.6. The van der Waals surface area contributed by atoms with Gasteiger partial charge in [-0.1, -0.05) is 51.0 Å². The van der Waals surface area contributed by atoms with E-state index in [1.807, 2.05) is 26.0 Å². The van der Waals surface area contributed by atoms with Gasteiger partial charge in [0.15, 0.2) is 0 Å². The van der Waals surface area contributed by atoms with Gasteiger partial charge in [-0.05, 0) is 36.3 Å². The standard InChI is InChI=1S/C20H29N3O2/c1-13(2)18(20(25)22-16-9-5-6-10-16)23-19(24)17-11-14-7-3-4-8-15(14)12-21-17/h3-4,7-8,13,16-18,21H,5-6,9-12H2,1-2H3,(H,22,25)(H,23,24)/t17-,18+/m0/s1. The summed E-state index contributed by atoms with van der Waals surface area (Å²) in [5.74, 6) is -0.0811. The Kier molecular flexibility index (Phi) is 5.74. The van der Waals surface area contributed by atoms with Crippen molar-refractivity contribution < 1.29 is 9.59 Å². The van der Waals surface area contributed by atoms with Gasteiger partial charge < -0.3 is 16.0 Å². The van der Waals surface area contributed by atoms with Crippen LogP contribution in [0.2, 0.25) is 0 Å². The van der Waals surface area contributed by atoms with Gasteiger partial charge in [0, 0.05) is 12.6 Å². The Morgan fingerprint density at radius 3 is 2.48 bits per heavy atom. The number of hydrogen-bond donors (Lipinski definition) is 3. The maximum atomic E-state index is 12.7. The van der Waals surface area contributed by atoms with E-state index in [9.17, 15) is 9.59 Å². The number of nitrogens with one attached hydrogen (secondary N) is 3. The summed E-state index contributed by atoms with van der Waals surface area (Å²) < 4.78 is 0. The summed E-state index contributed by atoms with van der Waals surface area (Å²) in [6.07, 6.45) is 5.11. The number of amides is 2. The molecule has 1 aromatic rings. The minimum atomic E-state index is -0.480. The molecule has 1 aromatic carbocycles. The first kappa shape index (κ1) is 17.9. The molecule has 3 rings (SSSR count). The van der Waals surface area contributed by atoms with Gasteiger partial charge in [-0.2, -0.15) is 0 Å². The van der Waals surface area contributed by atoms with Crippen LogP contribution < -0.4 is 16.0 Å². The molecule has 0 saturated heterocycles. The van der Waals surface area contributed by atoms with E-state index in [4.69, 9.17) is 0 Å². The highest BCUT2D eigenvalue weighted by Crippen LogP contribution is 2.19. The number of fused-ring (bicyclic) bond motifs is 1. The molecule has 25 heavy (non-hydrogen) atoms. The van der Waals surface area contributed by atoms with E-state index in [1.54, 1.807) is 0 Å². The lowest BCUT2D eigenvalue weighted by Gasteiger charge is -2.29. The molecule has 1 heterocycles. The molecular formula is C20H29N3O2. The summed E-state index contributed by atoms with van der Waals surface area (Å²) in [5.41, 5.74) is 2.45. The zero-order chi connectivity index (χ0) is 17.8. The van der Waals surface area contributed by atoms with Crippen molar-refractivity contribution in [3.8, 4) is 0 Å². The molecule has 0 bridgehead atoms. The smallest absolute Gasteiger partial charge is 0.243 e. The molecule has 136 valence electrons. The predicted octanol–water partition coefficient (Wildman–Crippen LogP) is 1.90. The Morgan fingerprint density at radius 1 is 1.12 bits per heavy atom. The molecule has 1 saturated carbocycles. The van der Waals surface area contributed by atoms with Gasteiger partial charge in [0.2, 0.25) is 11.8 Å². The van der Waals surface area contributed by atoms with E-state index in [-0.39, 0.29) is 29.8 Å². The van der Waals surface area contributed by atoms with Crippen LogP contribution in [-0.2, 0) is 22.6 Å². The second-order valence-electron chi connectivity index (χ2n) is 7.63. The fraction of sp³-hybridized carbons (Fsp3) is 0.600. The zero-order valence-corrected chi connectivity index (χ0v) is 15.2. The molecule has 0 spiro atoms. The van der Waals surface area contributed by atoms with E-state index < -0.39 is 6.04 Å². The zero-order valence-electron chi connectivity index (χ0n) is 15.2. The molecule has 3 N–H and O–H groups in total. The van der Waals surface area contributed by atoms with Crippen molar-refractivity contribution in [2.45, 2.75) is 70.6 Å². The van der Waals surface area contributed by atoms with Crippen molar-refractivity contribution in [1.29, 1.82) is 0 Å². The van der Waals surface area contributed by atoms with E-state index >= 15 is 0 Å². The van der Waals surface area contributed by atoms with Crippen LogP contribution in [0.3, 0.4) is 0 Å². The van der Waals surface area contributed by atoms with Crippen molar-refractivity contribution in [3.05, 3.63) is 35.4 Å². The lowest BCUT2D eigenvalue weighted by atomic mass is 9.94. The fourth-order valence-electron chi connectivity index (χ4n) is 3.79. The first-order valence-corrected chi connectivity index (χ1v) is 9.45. The van der Waals surface area contributed by atoms with Gasteiger partial charge in [0.05, 0.1) is 6.04 Å². The van der Waals surface area contributed by atoms with Crippen LogP contribution in [0.4, 0.5) is 0 Å². The minimum Gasteiger partial charge on any atom is -0.352 e. The molecular weight excluding hydrogens is 314 g/mol. The first-order valence-electron chi connectivity index (χ1n) is 9.45. The molecule has 5 nitrogen and oxygen atoms in total. The highest BCUT2D eigenvalue weighted by molar-refractivity contribution is 5.90. The van der Waals surface area contributed by atoms with Crippen molar-refractivity contribution in [1.82, 2.24) is 16.0 Å². The highest BCUT2D eigenvalue weighted by Gasteiger charge is 2.31. The van der Waals surface area contributed by atoms with E-state index in [0.29, 0.717) is 13.0 Å². The minimum absolute atomic E-state index is 0.0496. The monoisotopic (exact) mass is 343 g/mol.